The summed E-state index contributed by atoms with van der Waals surface area (Å²) in [7, 11) is -4.50. The summed E-state index contributed by atoms with van der Waals surface area (Å²) in [6, 6.07) is 15.8. The van der Waals surface area contributed by atoms with Crippen molar-refractivity contribution in [3.8, 4) is 11.5 Å². The second-order valence-corrected chi connectivity index (χ2v) is 8.89. The van der Waals surface area contributed by atoms with Gasteiger partial charge in [-0.1, -0.05) is 24.3 Å². The molecule has 2 aromatic rings. The van der Waals surface area contributed by atoms with Crippen molar-refractivity contribution < 1.29 is 28.3 Å². The van der Waals surface area contributed by atoms with Crippen molar-refractivity contribution in [2.24, 2.45) is 5.73 Å². The highest BCUT2D eigenvalue weighted by molar-refractivity contribution is 7.46. The standard InChI is InChI=1S/C21H28NO6P/c1-16-3-2-4-20(13-16)27-12-11-26-19-7-5-17(6-8-19)18-9-10-21(22,14-18)15-28-29(23,24)25/h2-8,13,18H,9-12,14-15,22H2,1H3,(H2,23,24,25)/t18-,21+/m1/s1. The van der Waals surface area contributed by atoms with Crippen molar-refractivity contribution in [3.63, 3.8) is 0 Å². The summed E-state index contributed by atoms with van der Waals surface area (Å²) in [5.74, 6) is 1.83. The summed E-state index contributed by atoms with van der Waals surface area (Å²) >= 11 is 0. The first-order chi connectivity index (χ1) is 13.7. The van der Waals surface area contributed by atoms with E-state index in [2.05, 4.69) is 4.52 Å². The van der Waals surface area contributed by atoms with Crippen molar-refractivity contribution in [1.82, 2.24) is 0 Å². The Bertz CT molecular complexity index is 853. The van der Waals surface area contributed by atoms with Gasteiger partial charge in [-0.25, -0.2) is 4.57 Å². The normalized spacial score (nSPS) is 21.9. The Morgan fingerprint density at radius 3 is 2.45 bits per heavy atom. The molecule has 0 amide bonds. The molecule has 8 heteroatoms. The van der Waals surface area contributed by atoms with Crippen LogP contribution in [-0.2, 0) is 9.09 Å². The van der Waals surface area contributed by atoms with Gasteiger partial charge in [-0.3, -0.25) is 4.52 Å². The van der Waals surface area contributed by atoms with Crippen molar-refractivity contribution in [1.29, 1.82) is 0 Å². The van der Waals surface area contributed by atoms with Crippen LogP contribution in [0.1, 0.15) is 36.3 Å². The number of rotatable bonds is 9. The average Bonchev–Trinajstić information content (AvgIpc) is 3.07. The van der Waals surface area contributed by atoms with Crippen molar-refractivity contribution in [3.05, 3.63) is 59.7 Å². The second kappa shape index (κ2) is 9.28. The van der Waals surface area contributed by atoms with Crippen LogP contribution in [0.2, 0.25) is 0 Å². The van der Waals surface area contributed by atoms with E-state index in [4.69, 9.17) is 25.0 Å². The number of aryl methyl sites for hydroxylation is 1. The Balaban J connectivity index is 1.44. The molecule has 158 valence electrons. The SMILES string of the molecule is Cc1cccc(OCCOc2ccc([C@@H]3CC[C@@](N)(COP(=O)(O)O)C3)cc2)c1. The second-order valence-electron chi connectivity index (χ2n) is 7.65. The van der Waals surface area contributed by atoms with Crippen LogP contribution >= 0.6 is 7.82 Å². The minimum absolute atomic E-state index is 0.143. The first-order valence-corrected chi connectivity index (χ1v) is 11.2. The molecule has 0 unspecified atom stereocenters. The van der Waals surface area contributed by atoms with E-state index in [0.717, 1.165) is 29.0 Å². The topological polar surface area (TPSA) is 111 Å². The van der Waals surface area contributed by atoms with Gasteiger partial charge in [0.1, 0.15) is 24.7 Å². The molecule has 3 rings (SSSR count). The number of phosphoric ester groups is 1. The van der Waals surface area contributed by atoms with Crippen molar-refractivity contribution in [2.45, 2.75) is 37.6 Å². The predicted octanol–water partition coefficient (Wildman–Crippen LogP) is 3.53. The molecule has 0 aliphatic heterocycles. The molecule has 2 atom stereocenters. The number of ether oxygens (including phenoxy) is 2. The molecule has 0 radical (unpaired) electrons. The summed E-state index contributed by atoms with van der Waals surface area (Å²) in [5, 5.41) is 0. The zero-order valence-corrected chi connectivity index (χ0v) is 17.4. The summed E-state index contributed by atoms with van der Waals surface area (Å²) in [5.41, 5.74) is 7.83. The van der Waals surface area contributed by atoms with E-state index in [0.29, 0.717) is 26.1 Å². The van der Waals surface area contributed by atoms with E-state index in [1.54, 1.807) is 0 Å². The van der Waals surface area contributed by atoms with Crippen LogP contribution in [-0.4, -0.2) is 35.1 Å². The summed E-state index contributed by atoms with van der Waals surface area (Å²) < 4.78 is 27.0. The molecule has 7 nitrogen and oxygen atoms in total. The minimum atomic E-state index is -4.50. The van der Waals surface area contributed by atoms with E-state index in [9.17, 15) is 4.57 Å². The van der Waals surface area contributed by atoms with Crippen LogP contribution in [0.3, 0.4) is 0 Å². The van der Waals surface area contributed by atoms with Gasteiger partial charge in [-0.05, 0) is 67.5 Å². The summed E-state index contributed by atoms with van der Waals surface area (Å²) in [6.07, 6.45) is 2.13. The minimum Gasteiger partial charge on any atom is -0.490 e. The fourth-order valence-electron chi connectivity index (χ4n) is 3.65. The molecular formula is C21H28NO6P. The highest BCUT2D eigenvalue weighted by Gasteiger charge is 2.38. The van der Waals surface area contributed by atoms with Gasteiger partial charge in [0.25, 0.3) is 0 Å². The van der Waals surface area contributed by atoms with E-state index >= 15 is 0 Å². The zero-order chi connectivity index (χ0) is 20.9. The Kier molecular flexibility index (Phi) is 6.98. The summed E-state index contributed by atoms with van der Waals surface area (Å²) in [6.45, 7) is 2.79. The monoisotopic (exact) mass is 421 g/mol. The molecule has 0 bridgehead atoms. The van der Waals surface area contributed by atoms with Crippen molar-refractivity contribution in [2.75, 3.05) is 19.8 Å². The van der Waals surface area contributed by atoms with Crippen LogP contribution in [0.5, 0.6) is 11.5 Å². The number of hydrogen-bond donors (Lipinski definition) is 3. The molecule has 0 spiro atoms. The number of benzene rings is 2. The molecule has 2 aromatic carbocycles. The van der Waals surface area contributed by atoms with Crippen molar-refractivity contribution >= 4 is 7.82 Å². The Morgan fingerprint density at radius 1 is 1.10 bits per heavy atom. The van der Waals surface area contributed by atoms with Gasteiger partial charge >= 0.3 is 7.82 Å². The lowest BCUT2D eigenvalue weighted by atomic mass is 9.94. The van der Waals surface area contributed by atoms with Gasteiger partial charge in [0.05, 0.1) is 6.61 Å². The third-order valence-corrected chi connectivity index (χ3v) is 5.59. The zero-order valence-electron chi connectivity index (χ0n) is 16.5. The summed E-state index contributed by atoms with van der Waals surface area (Å²) in [4.78, 5) is 17.8. The fraction of sp³-hybridized carbons (Fsp3) is 0.429. The maximum atomic E-state index is 10.9. The molecule has 4 N–H and O–H groups in total. The lowest BCUT2D eigenvalue weighted by molar-refractivity contribution is 0.153. The molecule has 1 aliphatic carbocycles. The quantitative estimate of drug-likeness (QED) is 0.420. The molecule has 0 aromatic heterocycles. The van der Waals surface area contributed by atoms with Crippen LogP contribution in [0.4, 0.5) is 0 Å². The number of nitrogens with two attached hydrogens (primary N) is 1. The molecule has 0 heterocycles. The predicted molar refractivity (Wildman–Crippen MR) is 110 cm³/mol. The van der Waals surface area contributed by atoms with Gasteiger partial charge in [-0.15, -0.1) is 0 Å². The first kappa shape index (κ1) is 21.8. The van der Waals surface area contributed by atoms with E-state index in [-0.39, 0.29) is 12.5 Å². The van der Waals surface area contributed by atoms with E-state index in [1.807, 2.05) is 55.5 Å². The lowest BCUT2D eigenvalue weighted by Crippen LogP contribution is -2.41. The van der Waals surface area contributed by atoms with Crippen LogP contribution in [0.15, 0.2) is 48.5 Å². The average molecular weight is 421 g/mol. The van der Waals surface area contributed by atoms with Gasteiger partial charge < -0.3 is 25.0 Å². The molecule has 1 aliphatic rings. The van der Waals surface area contributed by atoms with Gasteiger partial charge in [0, 0.05) is 5.54 Å². The van der Waals surface area contributed by atoms with Crippen LogP contribution in [0.25, 0.3) is 0 Å². The molecule has 0 saturated heterocycles. The number of hydrogen-bond acceptors (Lipinski definition) is 5. The molecule has 1 saturated carbocycles. The van der Waals surface area contributed by atoms with Crippen LogP contribution < -0.4 is 15.2 Å². The number of phosphoric acid groups is 1. The molecule has 1 fully saturated rings. The Hall–Kier alpha value is -1.89. The molecular weight excluding hydrogens is 393 g/mol. The van der Waals surface area contributed by atoms with Gasteiger partial charge in [0.15, 0.2) is 0 Å². The van der Waals surface area contributed by atoms with E-state index < -0.39 is 13.4 Å². The largest absolute Gasteiger partial charge is 0.490 e. The Morgan fingerprint density at radius 2 is 1.79 bits per heavy atom. The fourth-order valence-corrected chi connectivity index (χ4v) is 4.07. The first-order valence-electron chi connectivity index (χ1n) is 9.64. The highest BCUT2D eigenvalue weighted by atomic mass is 31.2. The van der Waals surface area contributed by atoms with Crippen LogP contribution in [0, 0.1) is 6.92 Å². The van der Waals surface area contributed by atoms with E-state index in [1.165, 1.54) is 0 Å². The highest BCUT2D eigenvalue weighted by Crippen LogP contribution is 2.43. The smallest absolute Gasteiger partial charge is 0.469 e. The van der Waals surface area contributed by atoms with Gasteiger partial charge in [-0.2, -0.15) is 0 Å². The lowest BCUT2D eigenvalue weighted by Gasteiger charge is -2.24. The maximum Gasteiger partial charge on any atom is 0.469 e. The molecule has 29 heavy (non-hydrogen) atoms. The third kappa shape index (κ3) is 6.84. The third-order valence-electron chi connectivity index (χ3n) is 5.13. The van der Waals surface area contributed by atoms with Gasteiger partial charge in [0.2, 0.25) is 0 Å². The maximum absolute atomic E-state index is 10.9. The Labute approximate surface area is 171 Å².